The third kappa shape index (κ3) is 7.23. The van der Waals surface area contributed by atoms with Crippen molar-refractivity contribution >= 4 is 40.9 Å². The number of aromatic nitrogens is 2. The standard InChI is InChI=1S/C27H22Cl2F5N3O4/c28-17-7-16(8-18(29)9-17)23(38)13-36(12-14-5-19(30)10-20(31)6-14)25(39)22-11-35-37(24(22)27(32,33)34)21-3-1-15(2-4-21)26(40)41/h5-11,15,21H,1-4,12-13H2,(H,40,41). The topological polar surface area (TPSA) is 92.5 Å². The molecule has 41 heavy (non-hydrogen) atoms. The van der Waals surface area contributed by atoms with Crippen LogP contribution in [0.2, 0.25) is 10.0 Å². The second-order valence-electron chi connectivity index (χ2n) is 9.71. The van der Waals surface area contributed by atoms with E-state index in [0.717, 1.165) is 23.2 Å². The summed E-state index contributed by atoms with van der Waals surface area (Å²) >= 11 is 11.9. The van der Waals surface area contributed by atoms with Gasteiger partial charge in [-0.2, -0.15) is 18.3 Å². The van der Waals surface area contributed by atoms with Gasteiger partial charge in [-0.3, -0.25) is 19.1 Å². The van der Waals surface area contributed by atoms with Crippen molar-refractivity contribution in [1.29, 1.82) is 0 Å². The number of aliphatic carboxylic acids is 1. The Bertz CT molecular complexity index is 1450. The number of hydrogen-bond acceptors (Lipinski definition) is 4. The van der Waals surface area contributed by atoms with Crippen LogP contribution in [0.3, 0.4) is 0 Å². The van der Waals surface area contributed by atoms with E-state index in [1.54, 1.807) is 0 Å². The Morgan fingerprint density at radius 3 is 2.07 bits per heavy atom. The van der Waals surface area contributed by atoms with Crippen LogP contribution in [0.4, 0.5) is 22.0 Å². The number of ketones is 1. The molecule has 4 rings (SSSR count). The average Bonchev–Trinajstić information content (AvgIpc) is 3.33. The lowest BCUT2D eigenvalue weighted by Gasteiger charge is -2.28. The molecule has 0 radical (unpaired) electrons. The predicted octanol–water partition coefficient (Wildman–Crippen LogP) is 6.83. The second kappa shape index (κ2) is 12.2. The summed E-state index contributed by atoms with van der Waals surface area (Å²) in [6.07, 6.45) is -3.87. The zero-order valence-corrected chi connectivity index (χ0v) is 22.6. The first kappa shape index (κ1) is 30.4. The minimum atomic E-state index is -5.05. The molecule has 1 amide bonds. The Balaban J connectivity index is 1.71. The molecule has 7 nitrogen and oxygen atoms in total. The molecule has 1 N–H and O–H groups in total. The minimum absolute atomic E-state index is 0.0346. The molecule has 1 aliphatic rings. The van der Waals surface area contributed by atoms with Crippen LogP contribution in [-0.2, 0) is 17.5 Å². The summed E-state index contributed by atoms with van der Waals surface area (Å²) in [6, 6.07) is 5.41. The number of rotatable bonds is 8. The highest BCUT2D eigenvalue weighted by Crippen LogP contribution is 2.39. The highest BCUT2D eigenvalue weighted by Gasteiger charge is 2.43. The number of Topliss-reactive ketones (excluding diaryl/α,β-unsaturated/α-hetero) is 1. The van der Waals surface area contributed by atoms with E-state index in [1.165, 1.54) is 18.2 Å². The largest absolute Gasteiger partial charge is 0.481 e. The van der Waals surface area contributed by atoms with Gasteiger partial charge < -0.3 is 10.0 Å². The normalized spacial score (nSPS) is 17.3. The third-order valence-electron chi connectivity index (χ3n) is 6.79. The van der Waals surface area contributed by atoms with Crippen LogP contribution in [0.25, 0.3) is 0 Å². The summed E-state index contributed by atoms with van der Waals surface area (Å²) in [7, 11) is 0. The Kier molecular flexibility index (Phi) is 9.03. The maximum atomic E-state index is 14.4. The molecule has 2 aromatic carbocycles. The smallest absolute Gasteiger partial charge is 0.433 e. The zero-order valence-electron chi connectivity index (χ0n) is 21.1. The molecule has 0 atom stereocenters. The van der Waals surface area contributed by atoms with Crippen LogP contribution < -0.4 is 0 Å². The quantitative estimate of drug-likeness (QED) is 0.221. The molecule has 1 aliphatic carbocycles. The van der Waals surface area contributed by atoms with Crippen molar-refractivity contribution in [2.24, 2.45) is 5.92 Å². The number of nitrogens with zero attached hydrogens (tertiary/aromatic N) is 3. The van der Waals surface area contributed by atoms with Gasteiger partial charge in [0.2, 0.25) is 0 Å². The number of carboxylic acid groups (broad SMARTS) is 1. The van der Waals surface area contributed by atoms with Gasteiger partial charge in [-0.25, -0.2) is 8.78 Å². The first-order chi connectivity index (χ1) is 19.2. The third-order valence-corrected chi connectivity index (χ3v) is 7.22. The predicted molar refractivity (Wildman–Crippen MR) is 138 cm³/mol. The van der Waals surface area contributed by atoms with Crippen molar-refractivity contribution in [2.45, 2.75) is 44.4 Å². The fraction of sp³-hybridized carbons (Fsp3) is 0.333. The first-order valence-electron chi connectivity index (χ1n) is 12.3. The van der Waals surface area contributed by atoms with E-state index in [-0.39, 0.29) is 46.9 Å². The molecule has 0 saturated heterocycles. The highest BCUT2D eigenvalue weighted by atomic mass is 35.5. The number of hydrogen-bond donors (Lipinski definition) is 1. The molecule has 14 heteroatoms. The molecule has 218 valence electrons. The number of carbonyl (C=O) groups excluding carboxylic acids is 2. The van der Waals surface area contributed by atoms with Crippen molar-refractivity contribution in [3.63, 3.8) is 0 Å². The van der Waals surface area contributed by atoms with Gasteiger partial charge in [0.25, 0.3) is 5.91 Å². The van der Waals surface area contributed by atoms with Gasteiger partial charge in [0, 0.05) is 28.2 Å². The van der Waals surface area contributed by atoms with E-state index in [2.05, 4.69) is 5.10 Å². The lowest BCUT2D eigenvalue weighted by Crippen LogP contribution is -2.36. The SMILES string of the molecule is O=C(CN(Cc1cc(F)cc(F)c1)C(=O)c1cnn(C2CCC(C(=O)O)CC2)c1C(F)(F)F)c1cc(Cl)cc(Cl)c1. The van der Waals surface area contributed by atoms with Gasteiger partial charge >= 0.3 is 12.1 Å². The summed E-state index contributed by atoms with van der Waals surface area (Å²) < 4.78 is 71.5. The van der Waals surface area contributed by atoms with Gasteiger partial charge in [-0.15, -0.1) is 0 Å². The Labute approximate surface area is 240 Å². The maximum Gasteiger partial charge on any atom is 0.433 e. The fourth-order valence-corrected chi connectivity index (χ4v) is 5.44. The summed E-state index contributed by atoms with van der Waals surface area (Å²) in [6.45, 7) is -1.39. The number of alkyl halides is 3. The zero-order chi connectivity index (χ0) is 30.1. The average molecular weight is 618 g/mol. The van der Waals surface area contributed by atoms with Gasteiger partial charge in [0.05, 0.1) is 30.3 Å². The second-order valence-corrected chi connectivity index (χ2v) is 10.6. The summed E-state index contributed by atoms with van der Waals surface area (Å²) in [5.41, 5.74) is -2.38. The van der Waals surface area contributed by atoms with Crippen LogP contribution in [0.5, 0.6) is 0 Å². The van der Waals surface area contributed by atoms with Crippen molar-refractivity contribution in [3.05, 3.63) is 86.7 Å². The fourth-order valence-electron chi connectivity index (χ4n) is 4.92. The van der Waals surface area contributed by atoms with E-state index >= 15 is 0 Å². The number of carboxylic acids is 1. The molecule has 1 heterocycles. The van der Waals surface area contributed by atoms with Gasteiger partial charge in [-0.05, 0) is 61.6 Å². The highest BCUT2D eigenvalue weighted by molar-refractivity contribution is 6.35. The van der Waals surface area contributed by atoms with Crippen molar-refractivity contribution in [2.75, 3.05) is 6.54 Å². The molecular weight excluding hydrogens is 596 g/mol. The summed E-state index contributed by atoms with van der Waals surface area (Å²) in [5.74, 6) is -5.69. The molecular formula is C27H22Cl2F5N3O4. The van der Waals surface area contributed by atoms with Gasteiger partial charge in [-0.1, -0.05) is 23.2 Å². The molecule has 1 saturated carbocycles. The van der Waals surface area contributed by atoms with Gasteiger partial charge in [0.15, 0.2) is 11.5 Å². The van der Waals surface area contributed by atoms with E-state index in [0.29, 0.717) is 10.7 Å². The van der Waals surface area contributed by atoms with Crippen LogP contribution in [-0.4, -0.2) is 44.0 Å². The molecule has 0 bridgehead atoms. The summed E-state index contributed by atoms with van der Waals surface area (Å²) in [4.78, 5) is 38.7. The summed E-state index contributed by atoms with van der Waals surface area (Å²) in [5, 5.41) is 13.3. The Hall–Kier alpha value is -3.51. The van der Waals surface area contributed by atoms with Crippen LogP contribution >= 0.6 is 23.2 Å². The minimum Gasteiger partial charge on any atom is -0.481 e. The lowest BCUT2D eigenvalue weighted by atomic mass is 9.86. The van der Waals surface area contributed by atoms with Crippen molar-refractivity contribution in [3.8, 4) is 0 Å². The van der Waals surface area contributed by atoms with E-state index in [9.17, 15) is 41.4 Å². The lowest BCUT2D eigenvalue weighted by molar-refractivity contribution is -0.147. The van der Waals surface area contributed by atoms with E-state index < -0.39 is 71.8 Å². The van der Waals surface area contributed by atoms with Crippen molar-refractivity contribution in [1.82, 2.24) is 14.7 Å². The molecule has 1 aromatic heterocycles. The Morgan fingerprint density at radius 2 is 1.54 bits per heavy atom. The van der Waals surface area contributed by atoms with E-state index in [1.807, 2.05) is 0 Å². The van der Waals surface area contributed by atoms with Crippen molar-refractivity contribution < 1.29 is 41.4 Å². The molecule has 3 aromatic rings. The molecule has 0 unspecified atom stereocenters. The molecule has 0 spiro atoms. The van der Waals surface area contributed by atoms with Gasteiger partial charge in [0.1, 0.15) is 11.6 Å². The van der Waals surface area contributed by atoms with Crippen LogP contribution in [0, 0.1) is 17.6 Å². The number of amides is 1. The molecule has 1 fully saturated rings. The molecule has 0 aliphatic heterocycles. The van der Waals surface area contributed by atoms with Crippen LogP contribution in [0.15, 0.2) is 42.6 Å². The maximum absolute atomic E-state index is 14.4. The van der Waals surface area contributed by atoms with E-state index in [4.69, 9.17) is 23.2 Å². The number of benzene rings is 2. The number of halogens is 7. The Morgan fingerprint density at radius 1 is 0.951 bits per heavy atom. The monoisotopic (exact) mass is 617 g/mol. The number of carbonyl (C=O) groups is 3. The van der Waals surface area contributed by atoms with Crippen LogP contribution in [0.1, 0.15) is 63.7 Å². The first-order valence-corrected chi connectivity index (χ1v) is 13.1.